The molecule has 0 atom stereocenters. The predicted molar refractivity (Wildman–Crippen MR) is 104 cm³/mol. The first-order valence-corrected chi connectivity index (χ1v) is 8.47. The molecule has 0 bridgehead atoms. The molecule has 1 aliphatic heterocycles. The van der Waals surface area contributed by atoms with Gasteiger partial charge in [0, 0.05) is 16.5 Å². The Labute approximate surface area is 156 Å². The van der Waals surface area contributed by atoms with E-state index in [0.29, 0.717) is 11.3 Å². The maximum absolute atomic E-state index is 12.7. The Morgan fingerprint density at radius 2 is 1.89 bits per heavy atom. The third-order valence-corrected chi connectivity index (χ3v) is 4.48. The Hall–Kier alpha value is -3.67. The fraction of sp³-hybridized carbons (Fsp3) is 0.0952. The molecule has 0 saturated carbocycles. The molecule has 0 aliphatic carbocycles. The Kier molecular flexibility index (Phi) is 4.30. The number of nitrogens with one attached hydrogen (secondary N) is 1. The first-order chi connectivity index (χ1) is 13.2. The van der Waals surface area contributed by atoms with Crippen LogP contribution in [0.15, 0.2) is 65.8 Å². The highest BCUT2D eigenvalue weighted by atomic mass is 16.5. The number of carbonyl (C=O) groups excluding carboxylic acids is 2. The Bertz CT molecular complexity index is 1070. The molecule has 0 fully saturated rings. The number of methoxy groups -OCH3 is 1. The van der Waals surface area contributed by atoms with E-state index in [1.807, 2.05) is 54.6 Å². The van der Waals surface area contributed by atoms with Crippen LogP contribution in [0.3, 0.4) is 0 Å². The summed E-state index contributed by atoms with van der Waals surface area (Å²) in [4.78, 5) is 26.5. The summed E-state index contributed by atoms with van der Waals surface area (Å²) in [7, 11) is 1.57. The van der Waals surface area contributed by atoms with Gasteiger partial charge in [0.05, 0.1) is 19.0 Å². The van der Waals surface area contributed by atoms with E-state index in [1.165, 1.54) is 11.1 Å². The molecule has 134 valence electrons. The fourth-order valence-electron chi connectivity index (χ4n) is 3.26. The van der Waals surface area contributed by atoms with E-state index >= 15 is 0 Å². The molecule has 3 aromatic rings. The van der Waals surface area contributed by atoms with Gasteiger partial charge < -0.3 is 4.74 Å². The summed E-state index contributed by atoms with van der Waals surface area (Å²) >= 11 is 0. The molecule has 0 radical (unpaired) electrons. The van der Waals surface area contributed by atoms with Crippen molar-refractivity contribution in [3.05, 3.63) is 71.8 Å². The van der Waals surface area contributed by atoms with Crippen LogP contribution in [0, 0.1) is 0 Å². The van der Waals surface area contributed by atoms with Crippen molar-refractivity contribution >= 4 is 34.5 Å². The van der Waals surface area contributed by atoms with Gasteiger partial charge in [-0.15, -0.1) is 0 Å². The third kappa shape index (κ3) is 3.01. The lowest BCUT2D eigenvalue weighted by Crippen LogP contribution is -2.37. The van der Waals surface area contributed by atoms with E-state index in [4.69, 9.17) is 4.74 Å². The van der Waals surface area contributed by atoms with Gasteiger partial charge in [-0.2, -0.15) is 5.10 Å². The van der Waals surface area contributed by atoms with Crippen LogP contribution in [0.2, 0.25) is 0 Å². The SMILES string of the molecule is COc1ccccc1/C=N/NC(=O)CN1C(=O)c2cccc3cccc1c23. The molecular formula is C21H17N3O3. The molecule has 1 N–H and O–H groups in total. The van der Waals surface area contributed by atoms with Gasteiger partial charge in [-0.1, -0.05) is 36.4 Å². The van der Waals surface area contributed by atoms with Gasteiger partial charge in [-0.05, 0) is 29.7 Å². The van der Waals surface area contributed by atoms with Gasteiger partial charge in [0.2, 0.25) is 0 Å². The first-order valence-electron chi connectivity index (χ1n) is 8.47. The Morgan fingerprint density at radius 3 is 2.70 bits per heavy atom. The number of ether oxygens (including phenoxy) is 1. The van der Waals surface area contributed by atoms with Gasteiger partial charge in [0.1, 0.15) is 12.3 Å². The summed E-state index contributed by atoms with van der Waals surface area (Å²) in [6.07, 6.45) is 1.51. The number of amides is 2. The molecule has 4 rings (SSSR count). The van der Waals surface area contributed by atoms with Crippen molar-refractivity contribution in [2.75, 3.05) is 18.6 Å². The molecule has 1 heterocycles. The van der Waals surface area contributed by atoms with Crippen LogP contribution >= 0.6 is 0 Å². The number of carbonyl (C=O) groups is 2. The van der Waals surface area contributed by atoms with Crippen LogP contribution in [0.1, 0.15) is 15.9 Å². The van der Waals surface area contributed by atoms with E-state index in [0.717, 1.165) is 22.0 Å². The van der Waals surface area contributed by atoms with Gasteiger partial charge in [-0.25, -0.2) is 5.43 Å². The molecule has 0 aromatic heterocycles. The van der Waals surface area contributed by atoms with Gasteiger partial charge in [-0.3, -0.25) is 14.5 Å². The monoisotopic (exact) mass is 359 g/mol. The second-order valence-corrected chi connectivity index (χ2v) is 6.11. The number of rotatable bonds is 5. The molecular weight excluding hydrogens is 342 g/mol. The summed E-state index contributed by atoms with van der Waals surface area (Å²) in [5.41, 5.74) is 4.58. The summed E-state index contributed by atoms with van der Waals surface area (Å²) in [5.74, 6) is 0.109. The summed E-state index contributed by atoms with van der Waals surface area (Å²) in [6.45, 7) is -0.101. The van der Waals surface area contributed by atoms with Crippen molar-refractivity contribution in [1.29, 1.82) is 0 Å². The predicted octanol–water partition coefficient (Wildman–Crippen LogP) is 2.96. The van der Waals surface area contributed by atoms with E-state index in [2.05, 4.69) is 10.5 Å². The average Bonchev–Trinajstić information content (AvgIpc) is 2.96. The number of anilines is 1. The topological polar surface area (TPSA) is 71.0 Å². The van der Waals surface area contributed by atoms with Crippen LogP contribution in [-0.4, -0.2) is 31.7 Å². The lowest BCUT2D eigenvalue weighted by molar-refractivity contribution is -0.119. The minimum Gasteiger partial charge on any atom is -0.496 e. The van der Waals surface area contributed by atoms with Crippen molar-refractivity contribution in [3.63, 3.8) is 0 Å². The lowest BCUT2D eigenvalue weighted by atomic mass is 10.1. The molecule has 2 amide bonds. The largest absolute Gasteiger partial charge is 0.496 e. The van der Waals surface area contributed by atoms with Crippen molar-refractivity contribution < 1.29 is 14.3 Å². The first kappa shape index (κ1) is 16.8. The van der Waals surface area contributed by atoms with E-state index < -0.39 is 0 Å². The van der Waals surface area contributed by atoms with E-state index in [9.17, 15) is 9.59 Å². The zero-order valence-corrected chi connectivity index (χ0v) is 14.7. The Morgan fingerprint density at radius 1 is 1.11 bits per heavy atom. The van der Waals surface area contributed by atoms with Crippen LogP contribution < -0.4 is 15.1 Å². The molecule has 0 unspecified atom stereocenters. The Balaban J connectivity index is 1.49. The summed E-state index contributed by atoms with van der Waals surface area (Å²) < 4.78 is 5.24. The van der Waals surface area contributed by atoms with E-state index in [-0.39, 0.29) is 18.4 Å². The van der Waals surface area contributed by atoms with Gasteiger partial charge in [0.15, 0.2) is 0 Å². The smallest absolute Gasteiger partial charge is 0.260 e. The van der Waals surface area contributed by atoms with Crippen molar-refractivity contribution in [1.82, 2.24) is 5.43 Å². The number of para-hydroxylation sites is 1. The highest BCUT2D eigenvalue weighted by Gasteiger charge is 2.30. The van der Waals surface area contributed by atoms with Crippen LogP contribution in [0.5, 0.6) is 5.75 Å². The zero-order chi connectivity index (χ0) is 18.8. The number of hydrogen-bond acceptors (Lipinski definition) is 4. The molecule has 6 nitrogen and oxygen atoms in total. The second-order valence-electron chi connectivity index (χ2n) is 6.11. The zero-order valence-electron chi connectivity index (χ0n) is 14.7. The number of benzene rings is 3. The maximum Gasteiger partial charge on any atom is 0.260 e. The maximum atomic E-state index is 12.7. The summed E-state index contributed by atoms with van der Waals surface area (Å²) in [6, 6.07) is 18.6. The number of nitrogens with zero attached hydrogens (tertiary/aromatic N) is 2. The molecule has 27 heavy (non-hydrogen) atoms. The second kappa shape index (κ2) is 6.92. The molecule has 0 spiro atoms. The molecule has 3 aromatic carbocycles. The van der Waals surface area contributed by atoms with Crippen molar-refractivity contribution in [2.45, 2.75) is 0 Å². The minimum atomic E-state index is -0.376. The molecule has 0 saturated heterocycles. The molecule has 6 heteroatoms. The van der Waals surface area contributed by atoms with Gasteiger partial charge >= 0.3 is 0 Å². The quantitative estimate of drug-likeness (QED) is 0.562. The highest BCUT2D eigenvalue weighted by molar-refractivity contribution is 6.26. The number of hydrogen-bond donors (Lipinski definition) is 1. The number of hydrazone groups is 1. The third-order valence-electron chi connectivity index (χ3n) is 4.48. The molecule has 1 aliphatic rings. The van der Waals surface area contributed by atoms with Crippen LogP contribution in [0.4, 0.5) is 5.69 Å². The van der Waals surface area contributed by atoms with Crippen molar-refractivity contribution in [3.8, 4) is 5.75 Å². The summed E-state index contributed by atoms with van der Waals surface area (Å²) in [5, 5.41) is 5.84. The van der Waals surface area contributed by atoms with Crippen LogP contribution in [-0.2, 0) is 4.79 Å². The fourth-order valence-corrected chi connectivity index (χ4v) is 3.26. The van der Waals surface area contributed by atoms with Crippen LogP contribution in [0.25, 0.3) is 10.8 Å². The van der Waals surface area contributed by atoms with E-state index in [1.54, 1.807) is 13.2 Å². The van der Waals surface area contributed by atoms with Gasteiger partial charge in [0.25, 0.3) is 11.8 Å². The lowest BCUT2D eigenvalue weighted by Gasteiger charge is -2.16. The highest BCUT2D eigenvalue weighted by Crippen LogP contribution is 2.36. The minimum absolute atomic E-state index is 0.101. The van der Waals surface area contributed by atoms with Crippen molar-refractivity contribution in [2.24, 2.45) is 5.10 Å². The standard InChI is InChI=1S/C21H17N3O3/c1-27-18-11-3-2-6-15(18)12-22-23-19(25)13-24-17-10-5-8-14-7-4-9-16(20(14)17)21(24)26/h2-12H,13H2,1H3,(H,23,25)/b22-12+. The average molecular weight is 359 g/mol. The normalized spacial score (nSPS) is 12.8.